The van der Waals surface area contributed by atoms with Crippen LogP contribution in [0.5, 0.6) is 0 Å². The van der Waals surface area contributed by atoms with E-state index < -0.39 is 0 Å². The zero-order valence-corrected chi connectivity index (χ0v) is 12.5. The minimum atomic E-state index is 0.528. The normalized spacial score (nSPS) is 12.3. The number of nitrogens with zero attached hydrogens (tertiary/aromatic N) is 4. The smallest absolute Gasteiger partial charge is 0.153 e. The Labute approximate surface area is 120 Å². The van der Waals surface area contributed by atoms with E-state index in [1.807, 2.05) is 19.1 Å². The van der Waals surface area contributed by atoms with E-state index in [2.05, 4.69) is 46.8 Å². The van der Waals surface area contributed by atoms with E-state index in [1.54, 1.807) is 4.68 Å². The van der Waals surface area contributed by atoms with E-state index in [9.17, 15) is 0 Å². The van der Waals surface area contributed by atoms with Crippen molar-refractivity contribution in [3.63, 3.8) is 0 Å². The monoisotopic (exact) mass is 273 g/mol. The lowest BCUT2D eigenvalue weighted by atomic mass is 10.1. The molecular formula is C15H23N5. The van der Waals surface area contributed by atoms with Gasteiger partial charge in [0.05, 0.1) is 5.69 Å². The number of tetrazole rings is 1. The molecule has 1 aromatic carbocycles. The van der Waals surface area contributed by atoms with Gasteiger partial charge in [0.15, 0.2) is 5.82 Å². The van der Waals surface area contributed by atoms with Gasteiger partial charge in [0.1, 0.15) is 0 Å². The summed E-state index contributed by atoms with van der Waals surface area (Å²) in [5.41, 5.74) is 2.11. The van der Waals surface area contributed by atoms with Gasteiger partial charge in [0, 0.05) is 11.7 Å². The molecule has 0 spiro atoms. The predicted molar refractivity (Wildman–Crippen MR) is 81.1 cm³/mol. The quantitative estimate of drug-likeness (QED) is 0.840. The first-order valence-electron chi connectivity index (χ1n) is 7.36. The molecular weight excluding hydrogens is 250 g/mol. The molecule has 5 heteroatoms. The van der Waals surface area contributed by atoms with Crippen LogP contribution in [0.1, 0.15) is 45.4 Å². The Morgan fingerprint density at radius 1 is 1.30 bits per heavy atom. The van der Waals surface area contributed by atoms with E-state index in [0.717, 1.165) is 23.6 Å². The summed E-state index contributed by atoms with van der Waals surface area (Å²) in [5, 5.41) is 15.2. The molecule has 0 aliphatic heterocycles. The molecule has 20 heavy (non-hydrogen) atoms. The van der Waals surface area contributed by atoms with Gasteiger partial charge in [0.25, 0.3) is 0 Å². The summed E-state index contributed by atoms with van der Waals surface area (Å²) in [6, 6.07) is 8.77. The van der Waals surface area contributed by atoms with Gasteiger partial charge in [-0.05, 0) is 48.4 Å². The molecule has 0 saturated carbocycles. The lowest BCUT2D eigenvalue weighted by molar-refractivity contribution is 0.593. The van der Waals surface area contributed by atoms with E-state index >= 15 is 0 Å². The lowest BCUT2D eigenvalue weighted by Gasteiger charge is -2.18. The number of aryl methyl sites for hydroxylation is 1. The molecule has 108 valence electrons. The fourth-order valence-corrected chi connectivity index (χ4v) is 2.26. The van der Waals surface area contributed by atoms with Gasteiger partial charge in [-0.3, -0.25) is 0 Å². The van der Waals surface area contributed by atoms with Crippen LogP contribution in [0, 0.1) is 6.92 Å². The molecule has 0 bridgehead atoms. The third-order valence-corrected chi connectivity index (χ3v) is 3.49. The third kappa shape index (κ3) is 3.56. The van der Waals surface area contributed by atoms with Crippen molar-refractivity contribution in [2.45, 2.75) is 52.5 Å². The molecule has 0 saturated heterocycles. The molecule has 0 aliphatic rings. The van der Waals surface area contributed by atoms with Crippen molar-refractivity contribution in [3.8, 4) is 5.69 Å². The van der Waals surface area contributed by atoms with Crippen LogP contribution in [-0.2, 0) is 0 Å². The first-order valence-corrected chi connectivity index (χ1v) is 7.36. The highest BCUT2D eigenvalue weighted by Crippen LogP contribution is 2.18. The van der Waals surface area contributed by atoms with Gasteiger partial charge >= 0.3 is 0 Å². The first-order chi connectivity index (χ1) is 9.74. The number of anilines is 1. The molecule has 0 amide bonds. The van der Waals surface area contributed by atoms with Gasteiger partial charge in [-0.1, -0.05) is 32.8 Å². The van der Waals surface area contributed by atoms with Crippen LogP contribution in [0.3, 0.4) is 0 Å². The molecule has 0 fully saturated rings. The molecule has 0 aliphatic carbocycles. The maximum Gasteiger partial charge on any atom is 0.153 e. The van der Waals surface area contributed by atoms with Crippen LogP contribution >= 0.6 is 0 Å². The largest absolute Gasteiger partial charge is 0.382 e. The highest BCUT2D eigenvalue weighted by atomic mass is 15.5. The van der Waals surface area contributed by atoms with Crippen LogP contribution in [0.15, 0.2) is 24.3 Å². The molecule has 1 aromatic heterocycles. The summed E-state index contributed by atoms with van der Waals surface area (Å²) in [7, 11) is 0. The summed E-state index contributed by atoms with van der Waals surface area (Å²) in [5.74, 6) is 0.792. The standard InChI is InChI=1S/C15H23N5/c1-4-6-8-13(5-2)16-14-9-7-10-15(11-14)20-12(3)17-18-19-20/h7,9-11,13,16H,4-6,8H2,1-3H3. The number of nitrogens with one attached hydrogen (secondary N) is 1. The Balaban J connectivity index is 2.11. The number of hydrogen-bond donors (Lipinski definition) is 1. The Kier molecular flexibility index (Phi) is 5.09. The van der Waals surface area contributed by atoms with Gasteiger partial charge in [-0.25, -0.2) is 0 Å². The second-order valence-electron chi connectivity index (χ2n) is 5.08. The Bertz CT molecular complexity index is 535. The number of aromatic nitrogens is 4. The van der Waals surface area contributed by atoms with Crippen LogP contribution in [0.4, 0.5) is 5.69 Å². The molecule has 1 heterocycles. The second-order valence-corrected chi connectivity index (χ2v) is 5.08. The van der Waals surface area contributed by atoms with Crippen molar-refractivity contribution in [3.05, 3.63) is 30.1 Å². The second kappa shape index (κ2) is 7.03. The average Bonchev–Trinajstić information content (AvgIpc) is 2.90. The van der Waals surface area contributed by atoms with Crippen LogP contribution in [0.2, 0.25) is 0 Å². The molecule has 1 atom stereocenters. The van der Waals surface area contributed by atoms with E-state index in [-0.39, 0.29) is 0 Å². The summed E-state index contributed by atoms with van der Waals surface area (Å²) >= 11 is 0. The highest BCUT2D eigenvalue weighted by molar-refractivity contribution is 5.51. The number of unbranched alkanes of at least 4 members (excludes halogenated alkanes) is 1. The summed E-state index contributed by atoms with van der Waals surface area (Å²) < 4.78 is 1.75. The highest BCUT2D eigenvalue weighted by Gasteiger charge is 2.08. The summed E-state index contributed by atoms with van der Waals surface area (Å²) in [6.07, 6.45) is 4.84. The minimum absolute atomic E-state index is 0.528. The van der Waals surface area contributed by atoms with Crippen LogP contribution < -0.4 is 5.32 Å². The topological polar surface area (TPSA) is 55.6 Å². The number of hydrogen-bond acceptors (Lipinski definition) is 4. The van der Waals surface area contributed by atoms with Crippen LogP contribution in [0.25, 0.3) is 5.69 Å². The van der Waals surface area contributed by atoms with Gasteiger partial charge in [-0.2, -0.15) is 4.68 Å². The van der Waals surface area contributed by atoms with E-state index in [0.29, 0.717) is 6.04 Å². The Morgan fingerprint density at radius 3 is 2.80 bits per heavy atom. The maximum atomic E-state index is 4.00. The molecule has 1 N–H and O–H groups in total. The van der Waals surface area contributed by atoms with Crippen molar-refractivity contribution in [2.75, 3.05) is 5.32 Å². The molecule has 0 radical (unpaired) electrons. The van der Waals surface area contributed by atoms with Crippen LogP contribution in [-0.4, -0.2) is 26.2 Å². The average molecular weight is 273 g/mol. The Morgan fingerprint density at radius 2 is 2.15 bits per heavy atom. The summed E-state index contributed by atoms with van der Waals surface area (Å²) in [6.45, 7) is 6.35. The number of rotatable bonds is 7. The van der Waals surface area contributed by atoms with Crippen molar-refractivity contribution >= 4 is 5.69 Å². The zero-order chi connectivity index (χ0) is 14.4. The molecule has 1 unspecified atom stereocenters. The van der Waals surface area contributed by atoms with Gasteiger partial charge < -0.3 is 5.32 Å². The van der Waals surface area contributed by atoms with E-state index in [1.165, 1.54) is 19.3 Å². The summed E-state index contributed by atoms with van der Waals surface area (Å²) in [4.78, 5) is 0. The lowest BCUT2D eigenvalue weighted by Crippen LogP contribution is -2.18. The van der Waals surface area contributed by atoms with E-state index in [4.69, 9.17) is 0 Å². The zero-order valence-electron chi connectivity index (χ0n) is 12.5. The van der Waals surface area contributed by atoms with Gasteiger partial charge in [0.2, 0.25) is 0 Å². The third-order valence-electron chi connectivity index (χ3n) is 3.49. The van der Waals surface area contributed by atoms with Crippen molar-refractivity contribution < 1.29 is 0 Å². The van der Waals surface area contributed by atoms with Gasteiger partial charge in [-0.15, -0.1) is 5.10 Å². The fourth-order valence-electron chi connectivity index (χ4n) is 2.26. The SMILES string of the molecule is CCCCC(CC)Nc1cccc(-n2nnnc2C)c1. The Hall–Kier alpha value is -1.91. The minimum Gasteiger partial charge on any atom is -0.382 e. The molecule has 2 rings (SSSR count). The predicted octanol–water partition coefficient (Wildman–Crippen LogP) is 3.35. The van der Waals surface area contributed by atoms with Crippen molar-refractivity contribution in [1.29, 1.82) is 0 Å². The fraction of sp³-hybridized carbons (Fsp3) is 0.533. The van der Waals surface area contributed by atoms with Crippen molar-refractivity contribution in [1.82, 2.24) is 20.2 Å². The number of benzene rings is 1. The van der Waals surface area contributed by atoms with Crippen molar-refractivity contribution in [2.24, 2.45) is 0 Å². The molecule has 5 nitrogen and oxygen atoms in total. The first kappa shape index (κ1) is 14.5. The maximum absolute atomic E-state index is 4.00. The molecule has 2 aromatic rings.